The van der Waals surface area contributed by atoms with Crippen LogP contribution in [0.2, 0.25) is 0 Å². The molecule has 0 saturated carbocycles. The van der Waals surface area contributed by atoms with Gasteiger partial charge in [0.15, 0.2) is 0 Å². The van der Waals surface area contributed by atoms with E-state index in [9.17, 15) is 5.11 Å². The lowest BCUT2D eigenvalue weighted by Gasteiger charge is -2.16. The normalized spacial score (nSPS) is 12.8. The van der Waals surface area contributed by atoms with Gasteiger partial charge in [0, 0.05) is 0 Å². The van der Waals surface area contributed by atoms with Crippen molar-refractivity contribution in [2.45, 2.75) is 26.3 Å². The molecule has 0 saturated heterocycles. The van der Waals surface area contributed by atoms with Crippen LogP contribution in [-0.2, 0) is 6.54 Å². The molecule has 2 aromatic rings. The van der Waals surface area contributed by atoms with Crippen molar-refractivity contribution in [3.8, 4) is 5.75 Å². The summed E-state index contributed by atoms with van der Waals surface area (Å²) in [5, 5.41) is 12.4. The van der Waals surface area contributed by atoms with E-state index in [1.807, 2.05) is 24.3 Å². The summed E-state index contributed by atoms with van der Waals surface area (Å²) < 4.78 is 0. The summed E-state index contributed by atoms with van der Waals surface area (Å²) in [5.41, 5.74) is 1.07. The second kappa shape index (κ2) is 5.87. The number of phenols is 1. The number of unbranched alkanes of at least 4 members (excludes halogenated alkanes) is 1. The Kier molecular flexibility index (Phi) is 4.21. The molecule has 2 rings (SSSR count). The largest absolute Gasteiger partial charge is 0.507 e. The van der Waals surface area contributed by atoms with Crippen molar-refractivity contribution >= 4 is 10.8 Å². The lowest BCUT2D eigenvalue weighted by Crippen LogP contribution is -3.07. The van der Waals surface area contributed by atoms with Gasteiger partial charge in [0.2, 0.25) is 0 Å². The van der Waals surface area contributed by atoms with Crippen molar-refractivity contribution in [2.75, 3.05) is 13.6 Å². The van der Waals surface area contributed by atoms with Crippen molar-refractivity contribution in [3.63, 3.8) is 0 Å². The van der Waals surface area contributed by atoms with Gasteiger partial charge in [-0.05, 0) is 23.3 Å². The Labute approximate surface area is 109 Å². The second-order valence-electron chi connectivity index (χ2n) is 5.02. The van der Waals surface area contributed by atoms with E-state index in [-0.39, 0.29) is 0 Å². The first-order chi connectivity index (χ1) is 8.72. The number of hydrogen-bond donors (Lipinski definition) is 2. The van der Waals surface area contributed by atoms with Crippen LogP contribution in [0, 0.1) is 0 Å². The highest BCUT2D eigenvalue weighted by molar-refractivity contribution is 5.87. The third kappa shape index (κ3) is 2.82. The molecule has 0 bridgehead atoms. The Hall–Kier alpha value is -1.54. The molecule has 0 amide bonds. The van der Waals surface area contributed by atoms with Gasteiger partial charge in [0.1, 0.15) is 12.3 Å². The van der Waals surface area contributed by atoms with Crippen molar-refractivity contribution in [2.24, 2.45) is 0 Å². The van der Waals surface area contributed by atoms with Crippen LogP contribution in [0.4, 0.5) is 0 Å². The molecule has 2 heteroatoms. The maximum atomic E-state index is 10.1. The SMILES string of the molecule is CCCC[NH+](C)Cc1c(O)ccc2ccccc12. The molecule has 0 aromatic heterocycles. The molecule has 0 aliphatic rings. The maximum Gasteiger partial charge on any atom is 0.125 e. The third-order valence-electron chi connectivity index (χ3n) is 3.45. The predicted octanol–water partition coefficient (Wildman–Crippen LogP) is 2.36. The summed E-state index contributed by atoms with van der Waals surface area (Å²) in [5.74, 6) is 0.421. The number of aromatic hydroxyl groups is 1. The molecule has 2 nitrogen and oxygen atoms in total. The molecule has 0 radical (unpaired) electrons. The van der Waals surface area contributed by atoms with Crippen molar-refractivity contribution in [1.29, 1.82) is 0 Å². The maximum absolute atomic E-state index is 10.1. The van der Waals surface area contributed by atoms with E-state index >= 15 is 0 Å². The molecule has 18 heavy (non-hydrogen) atoms. The Morgan fingerprint density at radius 1 is 1.11 bits per heavy atom. The summed E-state index contributed by atoms with van der Waals surface area (Å²) in [7, 11) is 2.19. The number of fused-ring (bicyclic) bond motifs is 1. The van der Waals surface area contributed by atoms with Crippen molar-refractivity contribution in [3.05, 3.63) is 42.0 Å². The van der Waals surface area contributed by atoms with Crippen LogP contribution >= 0.6 is 0 Å². The number of nitrogens with one attached hydrogen (secondary N) is 1. The highest BCUT2D eigenvalue weighted by Gasteiger charge is 2.11. The van der Waals surface area contributed by atoms with E-state index in [0.717, 1.165) is 18.7 Å². The molecule has 1 unspecified atom stereocenters. The van der Waals surface area contributed by atoms with Gasteiger partial charge in [-0.1, -0.05) is 43.7 Å². The summed E-state index contributed by atoms with van der Waals surface area (Å²) in [6, 6.07) is 12.1. The standard InChI is InChI=1S/C16H21NO/c1-3-4-11-17(2)12-15-14-8-6-5-7-13(14)9-10-16(15)18/h5-10,18H,3-4,11-12H2,1-2H3/p+1. The van der Waals surface area contributed by atoms with E-state index in [4.69, 9.17) is 0 Å². The summed E-state index contributed by atoms with van der Waals surface area (Å²) in [6.45, 7) is 4.25. The Bertz CT molecular complexity index is 521. The van der Waals surface area contributed by atoms with E-state index < -0.39 is 0 Å². The monoisotopic (exact) mass is 244 g/mol. The minimum Gasteiger partial charge on any atom is -0.507 e. The third-order valence-corrected chi connectivity index (χ3v) is 3.45. The van der Waals surface area contributed by atoms with Crippen LogP contribution in [-0.4, -0.2) is 18.7 Å². The Morgan fingerprint density at radius 2 is 1.89 bits per heavy atom. The molecule has 0 aliphatic carbocycles. The molecule has 0 fully saturated rings. The highest BCUT2D eigenvalue weighted by Crippen LogP contribution is 2.26. The first-order valence-corrected chi connectivity index (χ1v) is 6.73. The van der Waals surface area contributed by atoms with Gasteiger partial charge in [-0.25, -0.2) is 0 Å². The van der Waals surface area contributed by atoms with Gasteiger partial charge in [-0.3, -0.25) is 0 Å². The average Bonchev–Trinajstić information content (AvgIpc) is 2.40. The van der Waals surface area contributed by atoms with Crippen LogP contribution in [0.15, 0.2) is 36.4 Å². The lowest BCUT2D eigenvalue weighted by molar-refractivity contribution is -0.893. The van der Waals surface area contributed by atoms with Crippen LogP contribution in [0.5, 0.6) is 5.75 Å². The van der Waals surface area contributed by atoms with Crippen molar-refractivity contribution in [1.82, 2.24) is 0 Å². The van der Waals surface area contributed by atoms with Gasteiger partial charge in [-0.15, -0.1) is 0 Å². The molecule has 2 N–H and O–H groups in total. The molecular weight excluding hydrogens is 222 g/mol. The van der Waals surface area contributed by atoms with Gasteiger partial charge in [-0.2, -0.15) is 0 Å². The van der Waals surface area contributed by atoms with E-state index in [1.54, 1.807) is 0 Å². The highest BCUT2D eigenvalue weighted by atomic mass is 16.3. The Balaban J connectivity index is 2.28. The van der Waals surface area contributed by atoms with E-state index in [1.165, 1.54) is 28.5 Å². The minimum absolute atomic E-state index is 0.421. The quantitative estimate of drug-likeness (QED) is 0.829. The molecule has 1 atom stereocenters. The van der Waals surface area contributed by atoms with Gasteiger partial charge < -0.3 is 10.0 Å². The summed E-state index contributed by atoms with van der Waals surface area (Å²) in [6.07, 6.45) is 2.45. The smallest absolute Gasteiger partial charge is 0.125 e. The number of rotatable bonds is 5. The fraction of sp³-hybridized carbons (Fsp3) is 0.375. The lowest BCUT2D eigenvalue weighted by atomic mass is 10.0. The van der Waals surface area contributed by atoms with Gasteiger partial charge in [0.25, 0.3) is 0 Å². The first kappa shape index (κ1) is 12.9. The summed E-state index contributed by atoms with van der Waals surface area (Å²) >= 11 is 0. The molecule has 2 aromatic carbocycles. The summed E-state index contributed by atoms with van der Waals surface area (Å²) in [4.78, 5) is 1.45. The fourth-order valence-electron chi connectivity index (χ4n) is 2.38. The minimum atomic E-state index is 0.421. The number of benzene rings is 2. The topological polar surface area (TPSA) is 24.7 Å². The number of phenolic OH excluding ortho intramolecular Hbond substituents is 1. The molecule has 96 valence electrons. The predicted molar refractivity (Wildman–Crippen MR) is 76.0 cm³/mol. The zero-order valence-corrected chi connectivity index (χ0v) is 11.2. The fourth-order valence-corrected chi connectivity index (χ4v) is 2.38. The zero-order valence-electron chi connectivity index (χ0n) is 11.2. The number of quaternary nitrogens is 1. The molecule has 0 spiro atoms. The average molecular weight is 244 g/mol. The second-order valence-corrected chi connectivity index (χ2v) is 5.02. The van der Waals surface area contributed by atoms with Crippen LogP contribution in [0.25, 0.3) is 10.8 Å². The van der Waals surface area contributed by atoms with Gasteiger partial charge in [0.05, 0.1) is 19.2 Å². The van der Waals surface area contributed by atoms with Gasteiger partial charge >= 0.3 is 0 Å². The molecule has 0 aliphatic heterocycles. The van der Waals surface area contributed by atoms with Crippen LogP contribution in [0.3, 0.4) is 0 Å². The van der Waals surface area contributed by atoms with E-state index in [2.05, 4.69) is 26.1 Å². The first-order valence-electron chi connectivity index (χ1n) is 6.73. The zero-order chi connectivity index (χ0) is 13.0. The molecule has 0 heterocycles. The van der Waals surface area contributed by atoms with Crippen LogP contribution < -0.4 is 4.90 Å². The molecular formula is C16H22NO+. The Morgan fingerprint density at radius 3 is 2.67 bits per heavy atom. The number of hydrogen-bond acceptors (Lipinski definition) is 1. The van der Waals surface area contributed by atoms with Crippen LogP contribution in [0.1, 0.15) is 25.3 Å². The van der Waals surface area contributed by atoms with E-state index in [0.29, 0.717) is 5.75 Å². The van der Waals surface area contributed by atoms with Crippen molar-refractivity contribution < 1.29 is 10.0 Å².